The van der Waals surface area contributed by atoms with Crippen LogP contribution in [0.2, 0.25) is 0 Å². The Bertz CT molecular complexity index is 163. The quantitative estimate of drug-likeness (QED) is 0.547. The molecular weight excluding hydrogens is 211 g/mol. The van der Waals surface area contributed by atoms with Crippen molar-refractivity contribution in [3.63, 3.8) is 0 Å². The number of hydrogen-bond donors (Lipinski definition) is 1. The first-order valence-corrected chi connectivity index (χ1v) is 9.45. The highest BCUT2D eigenvalue weighted by molar-refractivity contribution is 8.26. The maximum absolute atomic E-state index is 9.84. The van der Waals surface area contributed by atoms with Crippen LogP contribution in [-0.4, -0.2) is 34.2 Å². The molecule has 1 N–H and O–H groups in total. The van der Waals surface area contributed by atoms with Crippen molar-refractivity contribution >= 4 is 26.6 Å². The lowest BCUT2D eigenvalue weighted by Gasteiger charge is -2.20. The lowest BCUT2D eigenvalue weighted by Crippen LogP contribution is -2.21. The lowest BCUT2D eigenvalue weighted by atomic mass is 10.4. The highest BCUT2D eigenvalue weighted by Crippen LogP contribution is 2.45. The molecule has 1 atom stereocenters. The van der Waals surface area contributed by atoms with Gasteiger partial charge in [-0.15, -0.1) is 0 Å². The van der Waals surface area contributed by atoms with Gasteiger partial charge in [-0.2, -0.15) is 0 Å². The van der Waals surface area contributed by atoms with Gasteiger partial charge in [-0.05, 0) is 12.6 Å². The van der Waals surface area contributed by atoms with Crippen LogP contribution in [0.4, 0.5) is 0 Å². The van der Waals surface area contributed by atoms with Crippen molar-refractivity contribution in [1.29, 1.82) is 0 Å². The molecule has 0 aliphatic heterocycles. The molecule has 0 aliphatic carbocycles. The van der Waals surface area contributed by atoms with E-state index in [-0.39, 0.29) is 0 Å². The summed E-state index contributed by atoms with van der Waals surface area (Å²) in [5.41, 5.74) is 0. The molecule has 0 spiro atoms. The zero-order chi connectivity index (χ0) is 9.61. The highest BCUT2D eigenvalue weighted by atomic mass is 32.5. The van der Waals surface area contributed by atoms with Crippen LogP contribution >= 0.6 is 5.81 Å². The van der Waals surface area contributed by atoms with Crippen LogP contribution in [-0.2, 0) is 20.7 Å². The smallest absolute Gasteiger partial charge is 0.384 e. The zero-order valence-electron chi connectivity index (χ0n) is 7.82. The number of hydrogen-bond acceptors (Lipinski definition) is 3. The molecule has 0 aromatic carbocycles. The number of rotatable bonds is 6. The van der Waals surface area contributed by atoms with Crippen LogP contribution in [0.3, 0.4) is 0 Å². The summed E-state index contributed by atoms with van der Waals surface area (Å²) in [7, 11) is 1.17. The van der Waals surface area contributed by atoms with Gasteiger partial charge in [-0.3, -0.25) is 0 Å². The van der Waals surface area contributed by atoms with Gasteiger partial charge >= 0.3 is 8.95 Å². The third-order valence-electron chi connectivity index (χ3n) is 1.56. The van der Waals surface area contributed by atoms with Crippen molar-refractivity contribution in [2.45, 2.75) is 19.8 Å². The summed E-state index contributed by atoms with van der Waals surface area (Å²) in [6, 6.07) is 0. The summed E-state index contributed by atoms with van der Waals surface area (Å²) in [6.45, 7) is 2.07. The van der Waals surface area contributed by atoms with Gasteiger partial charge in [0.15, 0.2) is 0 Å². The second-order valence-electron chi connectivity index (χ2n) is 2.61. The Morgan fingerprint density at radius 3 is 2.25 bits per heavy atom. The number of unbranched alkanes of at least 4 members (excludes halogenated alkanes) is 1. The molecule has 6 heteroatoms. The summed E-state index contributed by atoms with van der Waals surface area (Å²) >= 11 is 5.11. The van der Waals surface area contributed by atoms with Crippen LogP contribution < -0.4 is 0 Å². The maximum atomic E-state index is 9.84. The minimum atomic E-state index is -2.29. The van der Waals surface area contributed by atoms with Gasteiger partial charge in [0.25, 0.3) is 0 Å². The van der Waals surface area contributed by atoms with Crippen LogP contribution in [0.5, 0.6) is 0 Å². The second kappa shape index (κ2) is 6.24. The zero-order valence-corrected chi connectivity index (χ0v) is 10.7. The van der Waals surface area contributed by atoms with Crippen LogP contribution in [0.25, 0.3) is 0 Å². The monoisotopic (exact) mass is 228 g/mol. The van der Waals surface area contributed by atoms with E-state index in [1.165, 1.54) is 0 Å². The van der Waals surface area contributed by atoms with E-state index in [0.29, 0.717) is 6.16 Å². The van der Waals surface area contributed by atoms with E-state index < -0.39 is 14.8 Å². The summed E-state index contributed by atoms with van der Waals surface area (Å²) < 4.78 is 10.1. The highest BCUT2D eigenvalue weighted by Gasteiger charge is 2.28. The topological polar surface area (TPSA) is 38.7 Å². The Morgan fingerprint density at radius 1 is 1.42 bits per heavy atom. The van der Waals surface area contributed by atoms with Crippen LogP contribution in [0.15, 0.2) is 0 Å². The summed E-state index contributed by atoms with van der Waals surface area (Å²) in [5.74, 6) is -2.29. The first-order chi connectivity index (χ1) is 5.58. The molecule has 1 unspecified atom stereocenters. The Labute approximate surface area is 80.9 Å². The molecule has 3 nitrogen and oxygen atoms in total. The summed E-state index contributed by atoms with van der Waals surface area (Å²) in [4.78, 5) is 9.84. The Hall–Kier alpha value is 0.747. The van der Waals surface area contributed by atoms with E-state index in [1.807, 2.05) is 0 Å². The fourth-order valence-electron chi connectivity index (χ4n) is 0.916. The van der Waals surface area contributed by atoms with E-state index in [4.69, 9.17) is 20.7 Å². The van der Waals surface area contributed by atoms with Crippen molar-refractivity contribution in [2.24, 2.45) is 0 Å². The molecule has 0 aliphatic rings. The third kappa shape index (κ3) is 4.12. The molecule has 0 fully saturated rings. The normalized spacial score (nSPS) is 16.4. The molecule has 0 saturated carbocycles. The molecule has 0 radical (unpaired) electrons. The van der Waals surface area contributed by atoms with Crippen molar-refractivity contribution in [2.75, 3.05) is 20.4 Å². The Morgan fingerprint density at radius 2 is 1.92 bits per heavy atom. The van der Waals surface area contributed by atoms with Gasteiger partial charge in [0.2, 0.25) is 0 Å². The Balaban J connectivity index is 4.06. The van der Waals surface area contributed by atoms with Crippen molar-refractivity contribution in [3.05, 3.63) is 0 Å². The van der Waals surface area contributed by atoms with E-state index >= 15 is 0 Å². The molecule has 0 saturated heterocycles. The molecular formula is C6H17O3PSSi. The molecule has 0 bridgehead atoms. The van der Waals surface area contributed by atoms with Gasteiger partial charge in [0.1, 0.15) is 5.81 Å². The average Bonchev–Trinajstić information content (AvgIpc) is 2.03. The third-order valence-corrected chi connectivity index (χ3v) is 10.1. The first kappa shape index (κ1) is 12.7. The fraction of sp³-hybridized carbons (Fsp3) is 1.00. The predicted molar refractivity (Wildman–Crippen MR) is 57.4 cm³/mol. The van der Waals surface area contributed by atoms with Crippen LogP contribution in [0.1, 0.15) is 19.8 Å². The predicted octanol–water partition coefficient (Wildman–Crippen LogP) is 1.18. The van der Waals surface area contributed by atoms with Gasteiger partial charge in [0.05, 0.1) is 0 Å². The van der Waals surface area contributed by atoms with Gasteiger partial charge in [0, 0.05) is 14.2 Å². The lowest BCUT2D eigenvalue weighted by molar-refractivity contribution is 0.295. The molecule has 12 heavy (non-hydrogen) atoms. The van der Waals surface area contributed by atoms with E-state index in [1.54, 1.807) is 14.2 Å². The fourth-order valence-corrected chi connectivity index (χ4v) is 7.84. The van der Waals surface area contributed by atoms with Crippen molar-refractivity contribution < 1.29 is 13.7 Å². The van der Waals surface area contributed by atoms with Gasteiger partial charge in [-0.25, -0.2) is 0 Å². The summed E-state index contributed by atoms with van der Waals surface area (Å²) in [6.07, 6.45) is 2.70. The molecule has 74 valence electrons. The molecule has 0 aromatic rings. The average molecular weight is 228 g/mol. The second-order valence-corrected chi connectivity index (χ2v) is 13.0. The minimum Gasteiger partial charge on any atom is -0.395 e. The minimum absolute atomic E-state index is 0.692. The van der Waals surface area contributed by atoms with E-state index in [0.717, 1.165) is 12.8 Å². The van der Waals surface area contributed by atoms with E-state index in [2.05, 4.69) is 6.92 Å². The van der Waals surface area contributed by atoms with E-state index in [9.17, 15) is 4.89 Å². The molecule has 0 aromatic heterocycles. The molecule has 0 rings (SSSR count). The molecule has 0 heterocycles. The standard InChI is InChI=1S/C6H17O3PSSi/c1-4-5-6-10(7,11)12(8-2)9-3/h12H,4-6H2,1-3H3,(H,7,11). The van der Waals surface area contributed by atoms with Crippen LogP contribution in [0, 0.1) is 0 Å². The Kier molecular flexibility index (Phi) is 6.63. The van der Waals surface area contributed by atoms with Crippen molar-refractivity contribution in [3.8, 4) is 0 Å². The summed E-state index contributed by atoms with van der Waals surface area (Å²) in [5, 5.41) is 0. The van der Waals surface area contributed by atoms with Gasteiger partial charge in [-0.1, -0.05) is 25.2 Å². The van der Waals surface area contributed by atoms with Crippen molar-refractivity contribution in [1.82, 2.24) is 0 Å². The molecule has 0 amide bonds. The SMILES string of the molecule is CCCCP(O)(=S)[SiH](OC)OC. The largest absolute Gasteiger partial charge is 0.395 e. The first-order valence-electron chi connectivity index (χ1n) is 3.95. The van der Waals surface area contributed by atoms with Gasteiger partial charge < -0.3 is 13.7 Å². The maximum Gasteiger partial charge on any atom is 0.384 e.